The molecule has 0 aliphatic heterocycles. The van der Waals surface area contributed by atoms with Crippen molar-refractivity contribution < 1.29 is 18.3 Å². The van der Waals surface area contributed by atoms with Crippen LogP contribution in [0.15, 0.2) is 34.7 Å². The van der Waals surface area contributed by atoms with Crippen LogP contribution in [-0.2, 0) is 15.3 Å². The fraction of sp³-hybridized carbons (Fsp3) is 0.222. The van der Waals surface area contributed by atoms with Gasteiger partial charge >= 0.3 is 16.5 Å². The highest BCUT2D eigenvalue weighted by Crippen LogP contribution is 2.20. The second kappa shape index (κ2) is 5.26. The van der Waals surface area contributed by atoms with E-state index in [9.17, 15) is 13.2 Å². The molecule has 1 atom stereocenters. The fourth-order valence-corrected chi connectivity index (χ4v) is 1.56. The first-order chi connectivity index (χ1) is 7.09. The summed E-state index contributed by atoms with van der Waals surface area (Å²) in [7, 11) is -2.60. The van der Waals surface area contributed by atoms with Crippen LogP contribution in [-0.4, -0.2) is 19.5 Å². The number of carbonyl (C=O) groups is 1. The number of aliphatic carboxylic acids is 1. The minimum atomic E-state index is -2.60. The van der Waals surface area contributed by atoms with Gasteiger partial charge in [0.15, 0.2) is 0 Å². The van der Waals surface area contributed by atoms with Crippen LogP contribution in [0.3, 0.4) is 0 Å². The molecule has 6 heteroatoms. The predicted octanol–water partition coefficient (Wildman–Crippen LogP) is 1.27. The van der Waals surface area contributed by atoms with Gasteiger partial charge in [0.05, 0.1) is 6.42 Å². The molecule has 80 valence electrons. The van der Waals surface area contributed by atoms with Crippen LogP contribution in [0.2, 0.25) is 0 Å². The van der Waals surface area contributed by atoms with Crippen molar-refractivity contribution in [3.8, 4) is 0 Å². The highest BCUT2D eigenvalue weighted by Gasteiger charge is 2.14. The first-order valence-corrected chi connectivity index (χ1v) is 5.19. The summed E-state index contributed by atoms with van der Waals surface area (Å²) < 4.78 is 24.1. The van der Waals surface area contributed by atoms with Gasteiger partial charge in [-0.15, -0.1) is 0 Å². The maximum Gasteiger partial charge on any atom is 0.311 e. The standard InChI is InChI=1S/C9H9NO4S/c11-9(12)6-8(10-15(13)14)7-4-2-1-3-5-7/h1-5,8H,6H2,(H,11,12). The van der Waals surface area contributed by atoms with E-state index in [4.69, 9.17) is 5.11 Å². The summed E-state index contributed by atoms with van der Waals surface area (Å²) in [6, 6.07) is 7.60. The third-order valence-electron chi connectivity index (χ3n) is 1.77. The lowest BCUT2D eigenvalue weighted by molar-refractivity contribution is -0.137. The summed E-state index contributed by atoms with van der Waals surface area (Å²) in [6.45, 7) is 0. The van der Waals surface area contributed by atoms with Crippen molar-refractivity contribution in [1.82, 2.24) is 0 Å². The Bertz CT molecular complexity index is 458. The summed E-state index contributed by atoms with van der Waals surface area (Å²) in [5, 5.41) is 8.60. The Morgan fingerprint density at radius 2 is 1.93 bits per heavy atom. The molecule has 0 amide bonds. The Hall–Kier alpha value is -1.69. The molecule has 0 radical (unpaired) electrons. The molecule has 1 unspecified atom stereocenters. The van der Waals surface area contributed by atoms with Crippen LogP contribution in [0.4, 0.5) is 0 Å². The van der Waals surface area contributed by atoms with E-state index in [2.05, 4.69) is 4.36 Å². The number of rotatable bonds is 4. The molecule has 0 fully saturated rings. The molecular formula is C9H9NO4S. The second-order valence-electron chi connectivity index (χ2n) is 2.85. The van der Waals surface area contributed by atoms with Crippen molar-refractivity contribution in [1.29, 1.82) is 0 Å². The first-order valence-electron chi connectivity index (χ1n) is 4.16. The van der Waals surface area contributed by atoms with E-state index in [-0.39, 0.29) is 6.42 Å². The van der Waals surface area contributed by atoms with Crippen molar-refractivity contribution in [3.05, 3.63) is 35.9 Å². The number of carboxylic acid groups (broad SMARTS) is 1. The molecule has 0 bridgehead atoms. The van der Waals surface area contributed by atoms with Crippen LogP contribution in [0, 0.1) is 0 Å². The van der Waals surface area contributed by atoms with Crippen molar-refractivity contribution >= 4 is 16.5 Å². The molecule has 15 heavy (non-hydrogen) atoms. The Morgan fingerprint density at radius 1 is 1.33 bits per heavy atom. The minimum Gasteiger partial charge on any atom is -0.481 e. The van der Waals surface area contributed by atoms with E-state index < -0.39 is 22.5 Å². The average molecular weight is 227 g/mol. The molecule has 1 N–H and O–H groups in total. The fourth-order valence-electron chi connectivity index (χ4n) is 1.16. The first kappa shape index (κ1) is 11.4. The van der Waals surface area contributed by atoms with E-state index in [1.165, 1.54) is 0 Å². The summed E-state index contributed by atoms with van der Waals surface area (Å²) >= 11 is 0. The zero-order valence-electron chi connectivity index (χ0n) is 7.70. The molecule has 0 spiro atoms. The molecule has 0 heterocycles. The van der Waals surface area contributed by atoms with Gasteiger partial charge < -0.3 is 5.11 Å². The maximum absolute atomic E-state index is 10.5. The Kier molecular flexibility index (Phi) is 3.99. The van der Waals surface area contributed by atoms with Gasteiger partial charge in [0.25, 0.3) is 0 Å². The largest absolute Gasteiger partial charge is 0.481 e. The lowest BCUT2D eigenvalue weighted by atomic mass is 10.1. The molecule has 5 nitrogen and oxygen atoms in total. The Labute approximate surface area is 88.1 Å². The van der Waals surface area contributed by atoms with Gasteiger partial charge in [0.2, 0.25) is 0 Å². The summed E-state index contributed by atoms with van der Waals surface area (Å²) in [4.78, 5) is 10.5. The van der Waals surface area contributed by atoms with Gasteiger partial charge in [-0.2, -0.15) is 12.8 Å². The van der Waals surface area contributed by atoms with Crippen molar-refractivity contribution in [2.45, 2.75) is 12.5 Å². The summed E-state index contributed by atoms with van der Waals surface area (Å²) in [5.41, 5.74) is 0.573. The third kappa shape index (κ3) is 3.90. The van der Waals surface area contributed by atoms with Gasteiger partial charge in [-0.1, -0.05) is 30.3 Å². The van der Waals surface area contributed by atoms with Crippen LogP contribution >= 0.6 is 0 Å². The number of nitrogens with zero attached hydrogens (tertiary/aromatic N) is 1. The third-order valence-corrected chi connectivity index (χ3v) is 2.19. The monoisotopic (exact) mass is 227 g/mol. The lowest BCUT2D eigenvalue weighted by Crippen LogP contribution is -2.03. The highest BCUT2D eigenvalue weighted by atomic mass is 32.2. The highest BCUT2D eigenvalue weighted by molar-refractivity contribution is 7.61. The van der Waals surface area contributed by atoms with Crippen LogP contribution in [0.5, 0.6) is 0 Å². The van der Waals surface area contributed by atoms with Gasteiger partial charge in [0, 0.05) is 0 Å². The van der Waals surface area contributed by atoms with Gasteiger partial charge in [0.1, 0.15) is 6.04 Å². The van der Waals surface area contributed by atoms with E-state index in [1.54, 1.807) is 30.3 Å². The number of benzene rings is 1. The Balaban J connectivity index is 3.01. The minimum absolute atomic E-state index is 0.335. The van der Waals surface area contributed by atoms with Gasteiger partial charge in [-0.05, 0) is 5.56 Å². The molecule has 0 aliphatic carbocycles. The molecule has 1 rings (SSSR count). The number of hydrogen-bond donors (Lipinski definition) is 1. The van der Waals surface area contributed by atoms with E-state index in [1.807, 2.05) is 0 Å². The Morgan fingerprint density at radius 3 is 2.40 bits per heavy atom. The van der Waals surface area contributed by atoms with E-state index >= 15 is 0 Å². The summed E-state index contributed by atoms with van der Waals surface area (Å²) in [5.74, 6) is -1.09. The van der Waals surface area contributed by atoms with Gasteiger partial charge in [-0.3, -0.25) is 4.79 Å². The van der Waals surface area contributed by atoms with Crippen molar-refractivity contribution in [2.75, 3.05) is 0 Å². The molecule has 0 aliphatic rings. The van der Waals surface area contributed by atoms with Crippen LogP contribution in [0.1, 0.15) is 18.0 Å². The SMILES string of the molecule is O=C(O)CC(N=S(=O)=O)c1ccccc1. The maximum atomic E-state index is 10.5. The topological polar surface area (TPSA) is 83.8 Å². The smallest absolute Gasteiger partial charge is 0.311 e. The van der Waals surface area contributed by atoms with Crippen molar-refractivity contribution in [2.24, 2.45) is 4.36 Å². The van der Waals surface area contributed by atoms with Gasteiger partial charge in [-0.25, -0.2) is 0 Å². The zero-order chi connectivity index (χ0) is 11.3. The van der Waals surface area contributed by atoms with E-state index in [0.29, 0.717) is 5.56 Å². The average Bonchev–Trinajstić information content (AvgIpc) is 2.17. The lowest BCUT2D eigenvalue weighted by Gasteiger charge is -2.06. The molecule has 0 saturated carbocycles. The quantitative estimate of drug-likeness (QED) is 0.839. The van der Waals surface area contributed by atoms with Crippen LogP contribution < -0.4 is 0 Å². The number of carboxylic acids is 1. The summed E-state index contributed by atoms with van der Waals surface area (Å²) in [6.07, 6.45) is -0.335. The van der Waals surface area contributed by atoms with Crippen LogP contribution in [0.25, 0.3) is 0 Å². The van der Waals surface area contributed by atoms with Crippen molar-refractivity contribution in [3.63, 3.8) is 0 Å². The zero-order valence-corrected chi connectivity index (χ0v) is 8.52. The predicted molar refractivity (Wildman–Crippen MR) is 52.8 cm³/mol. The number of hydrogen-bond acceptors (Lipinski definition) is 4. The molecular weight excluding hydrogens is 218 g/mol. The normalized spacial score (nSPS) is 11.7. The second-order valence-corrected chi connectivity index (χ2v) is 3.49. The molecule has 0 aromatic heterocycles. The van der Waals surface area contributed by atoms with E-state index in [0.717, 1.165) is 0 Å². The molecule has 0 saturated heterocycles. The molecule has 1 aromatic carbocycles. The molecule has 1 aromatic rings.